The van der Waals surface area contributed by atoms with Crippen molar-refractivity contribution >= 4 is 28.2 Å². The Labute approximate surface area is 116 Å². The SMILES string of the molecule is CCCNc1cc(C(=O)Nc2nccs2)cc(C)n1. The lowest BCUT2D eigenvalue weighted by atomic mass is 10.2. The van der Waals surface area contributed by atoms with E-state index in [0.717, 1.165) is 24.5 Å². The summed E-state index contributed by atoms with van der Waals surface area (Å²) in [5.41, 5.74) is 1.40. The zero-order chi connectivity index (χ0) is 13.7. The van der Waals surface area contributed by atoms with E-state index in [1.54, 1.807) is 18.3 Å². The van der Waals surface area contributed by atoms with Gasteiger partial charge in [0.05, 0.1) is 0 Å². The molecule has 2 N–H and O–H groups in total. The molecule has 6 heteroatoms. The van der Waals surface area contributed by atoms with E-state index < -0.39 is 0 Å². The molecule has 0 saturated heterocycles. The lowest BCUT2D eigenvalue weighted by Gasteiger charge is -2.08. The first-order valence-electron chi connectivity index (χ1n) is 6.12. The van der Waals surface area contributed by atoms with Crippen LogP contribution in [0.1, 0.15) is 29.4 Å². The lowest BCUT2D eigenvalue weighted by Crippen LogP contribution is -2.13. The van der Waals surface area contributed by atoms with Gasteiger partial charge in [-0.25, -0.2) is 9.97 Å². The molecule has 0 aliphatic heterocycles. The molecular formula is C13H16N4OS. The van der Waals surface area contributed by atoms with Gasteiger partial charge in [-0.1, -0.05) is 6.92 Å². The maximum Gasteiger partial charge on any atom is 0.257 e. The summed E-state index contributed by atoms with van der Waals surface area (Å²) >= 11 is 1.39. The second-order valence-corrected chi connectivity index (χ2v) is 5.00. The predicted octanol–water partition coefficient (Wildman–Crippen LogP) is 2.92. The number of thiazole rings is 1. The van der Waals surface area contributed by atoms with Gasteiger partial charge in [-0.3, -0.25) is 10.1 Å². The fourth-order valence-corrected chi connectivity index (χ4v) is 2.12. The second kappa shape index (κ2) is 6.29. The lowest BCUT2D eigenvalue weighted by molar-refractivity contribution is 0.102. The molecule has 0 saturated carbocycles. The first kappa shape index (κ1) is 13.5. The minimum atomic E-state index is -0.167. The largest absolute Gasteiger partial charge is 0.370 e. The number of amides is 1. The molecule has 1 amide bonds. The van der Waals surface area contributed by atoms with E-state index in [2.05, 4.69) is 27.5 Å². The molecule has 100 valence electrons. The monoisotopic (exact) mass is 276 g/mol. The molecule has 0 spiro atoms. The van der Waals surface area contributed by atoms with Crippen LogP contribution < -0.4 is 10.6 Å². The summed E-state index contributed by atoms with van der Waals surface area (Å²) in [4.78, 5) is 20.5. The smallest absolute Gasteiger partial charge is 0.257 e. The zero-order valence-corrected chi connectivity index (χ0v) is 11.8. The molecule has 2 heterocycles. The zero-order valence-electron chi connectivity index (χ0n) is 10.9. The Morgan fingerprint density at radius 1 is 1.42 bits per heavy atom. The van der Waals surface area contributed by atoms with E-state index in [0.29, 0.717) is 10.7 Å². The van der Waals surface area contributed by atoms with E-state index >= 15 is 0 Å². The number of nitrogens with one attached hydrogen (secondary N) is 2. The number of rotatable bonds is 5. The first-order chi connectivity index (χ1) is 9.19. The van der Waals surface area contributed by atoms with Gasteiger partial charge in [0.25, 0.3) is 5.91 Å². The van der Waals surface area contributed by atoms with E-state index in [4.69, 9.17) is 0 Å². The Kier molecular flexibility index (Phi) is 4.46. The van der Waals surface area contributed by atoms with Crippen LogP contribution in [0.2, 0.25) is 0 Å². The van der Waals surface area contributed by atoms with Crippen LogP contribution in [0.3, 0.4) is 0 Å². The van der Waals surface area contributed by atoms with Gasteiger partial charge < -0.3 is 5.32 Å². The highest BCUT2D eigenvalue weighted by Crippen LogP contribution is 2.15. The number of hydrogen-bond donors (Lipinski definition) is 2. The van der Waals surface area contributed by atoms with E-state index in [9.17, 15) is 4.79 Å². The summed E-state index contributed by atoms with van der Waals surface area (Å²) in [5, 5.41) is 8.37. The van der Waals surface area contributed by atoms with Crippen LogP contribution in [-0.4, -0.2) is 22.4 Å². The van der Waals surface area contributed by atoms with Gasteiger partial charge in [0, 0.05) is 29.4 Å². The number of carbonyl (C=O) groups excluding carboxylic acids is 1. The van der Waals surface area contributed by atoms with Crippen LogP contribution in [0.25, 0.3) is 0 Å². The fraction of sp³-hybridized carbons (Fsp3) is 0.308. The van der Waals surface area contributed by atoms with Gasteiger partial charge in [0.15, 0.2) is 5.13 Å². The summed E-state index contributed by atoms with van der Waals surface area (Å²) in [7, 11) is 0. The van der Waals surface area contributed by atoms with E-state index in [-0.39, 0.29) is 5.91 Å². The van der Waals surface area contributed by atoms with Crippen molar-refractivity contribution in [1.82, 2.24) is 9.97 Å². The molecule has 0 fully saturated rings. The van der Waals surface area contributed by atoms with Crippen molar-refractivity contribution in [1.29, 1.82) is 0 Å². The molecule has 0 aromatic carbocycles. The number of nitrogens with zero attached hydrogens (tertiary/aromatic N) is 2. The average molecular weight is 276 g/mol. The summed E-state index contributed by atoms with van der Waals surface area (Å²) in [6.45, 7) is 4.79. The van der Waals surface area contributed by atoms with Crippen molar-refractivity contribution in [3.05, 3.63) is 35.0 Å². The maximum atomic E-state index is 12.1. The number of aryl methyl sites for hydroxylation is 1. The highest BCUT2D eigenvalue weighted by Gasteiger charge is 2.10. The maximum absolute atomic E-state index is 12.1. The molecule has 2 aromatic heterocycles. The molecule has 5 nitrogen and oxygen atoms in total. The molecule has 0 aliphatic carbocycles. The third-order valence-corrected chi connectivity index (χ3v) is 3.11. The number of anilines is 2. The van der Waals surface area contributed by atoms with Crippen molar-refractivity contribution in [2.45, 2.75) is 20.3 Å². The minimum Gasteiger partial charge on any atom is -0.370 e. The average Bonchev–Trinajstić information content (AvgIpc) is 2.88. The highest BCUT2D eigenvalue weighted by molar-refractivity contribution is 7.13. The van der Waals surface area contributed by atoms with Crippen LogP contribution in [0, 0.1) is 6.92 Å². The van der Waals surface area contributed by atoms with Crippen molar-refractivity contribution in [2.75, 3.05) is 17.2 Å². The molecule has 0 bridgehead atoms. The van der Waals surface area contributed by atoms with Crippen molar-refractivity contribution < 1.29 is 4.79 Å². The van der Waals surface area contributed by atoms with Crippen LogP contribution in [0.15, 0.2) is 23.7 Å². The van der Waals surface area contributed by atoms with E-state index in [1.807, 2.05) is 12.3 Å². The number of aromatic nitrogens is 2. The summed E-state index contributed by atoms with van der Waals surface area (Å²) in [5.74, 6) is 0.561. The first-order valence-corrected chi connectivity index (χ1v) is 7.00. The second-order valence-electron chi connectivity index (χ2n) is 4.10. The van der Waals surface area contributed by atoms with Crippen LogP contribution in [-0.2, 0) is 0 Å². The summed E-state index contributed by atoms with van der Waals surface area (Å²) in [6, 6.07) is 3.52. The van der Waals surface area contributed by atoms with Crippen molar-refractivity contribution in [3.8, 4) is 0 Å². The van der Waals surface area contributed by atoms with Gasteiger partial charge in [0.1, 0.15) is 5.82 Å². The Morgan fingerprint density at radius 2 is 2.26 bits per heavy atom. The molecule has 0 aliphatic rings. The number of pyridine rings is 1. The third kappa shape index (κ3) is 3.75. The Hall–Kier alpha value is -1.95. The predicted molar refractivity (Wildman–Crippen MR) is 77.8 cm³/mol. The highest BCUT2D eigenvalue weighted by atomic mass is 32.1. The summed E-state index contributed by atoms with van der Waals surface area (Å²) < 4.78 is 0. The molecule has 0 atom stereocenters. The quantitative estimate of drug-likeness (QED) is 0.881. The van der Waals surface area contributed by atoms with Crippen LogP contribution in [0.4, 0.5) is 10.9 Å². The Bertz CT molecular complexity index is 554. The summed E-state index contributed by atoms with van der Waals surface area (Å²) in [6.07, 6.45) is 2.67. The number of hydrogen-bond acceptors (Lipinski definition) is 5. The molecule has 0 unspecified atom stereocenters. The van der Waals surface area contributed by atoms with Gasteiger partial charge in [0.2, 0.25) is 0 Å². The van der Waals surface area contributed by atoms with Crippen molar-refractivity contribution in [2.24, 2.45) is 0 Å². The fourth-order valence-electron chi connectivity index (χ4n) is 1.60. The van der Waals surface area contributed by atoms with E-state index in [1.165, 1.54) is 11.3 Å². The molecule has 2 aromatic rings. The van der Waals surface area contributed by atoms with Crippen molar-refractivity contribution in [3.63, 3.8) is 0 Å². The topological polar surface area (TPSA) is 66.9 Å². The Morgan fingerprint density at radius 3 is 2.95 bits per heavy atom. The minimum absolute atomic E-state index is 0.167. The molecule has 19 heavy (non-hydrogen) atoms. The van der Waals surface area contributed by atoms with Gasteiger partial charge in [-0.15, -0.1) is 11.3 Å². The van der Waals surface area contributed by atoms with Gasteiger partial charge in [-0.2, -0.15) is 0 Å². The number of carbonyl (C=O) groups is 1. The van der Waals surface area contributed by atoms with Crippen LogP contribution in [0.5, 0.6) is 0 Å². The third-order valence-electron chi connectivity index (χ3n) is 2.42. The van der Waals surface area contributed by atoms with Gasteiger partial charge >= 0.3 is 0 Å². The molecule has 0 radical (unpaired) electrons. The molecule has 2 rings (SSSR count). The van der Waals surface area contributed by atoms with Gasteiger partial charge in [-0.05, 0) is 25.5 Å². The molecular weight excluding hydrogens is 260 g/mol. The normalized spacial score (nSPS) is 10.2. The Balaban J connectivity index is 2.14. The van der Waals surface area contributed by atoms with Crippen LogP contribution >= 0.6 is 11.3 Å². The standard InChI is InChI=1S/C13H16N4OS/c1-3-4-14-11-8-10(7-9(2)16-11)12(18)17-13-15-5-6-19-13/h5-8H,3-4H2,1-2H3,(H,14,16)(H,15,17,18).